The second-order valence-corrected chi connectivity index (χ2v) is 7.06. The molecule has 0 aliphatic carbocycles. The third-order valence-corrected chi connectivity index (χ3v) is 4.40. The lowest BCUT2D eigenvalue weighted by Crippen LogP contribution is -2.35. The monoisotopic (exact) mass is 490 g/mol. The van der Waals surface area contributed by atoms with Crippen LogP contribution in [0.1, 0.15) is 40.5 Å². The first-order chi connectivity index (χ1) is 12.5. The Kier molecular flexibility index (Phi) is 10.8. The number of halogens is 1. The molecule has 0 spiro atoms. The lowest BCUT2D eigenvalue weighted by atomic mass is 10.2. The van der Waals surface area contributed by atoms with E-state index in [0.29, 0.717) is 31.1 Å². The zero-order valence-electron chi connectivity index (χ0n) is 17.0. The van der Waals surface area contributed by atoms with Crippen molar-refractivity contribution in [2.75, 3.05) is 38.2 Å². The van der Waals surface area contributed by atoms with E-state index in [1.54, 1.807) is 0 Å². The van der Waals surface area contributed by atoms with Crippen LogP contribution in [0.4, 0.5) is 5.69 Å². The molecule has 0 radical (unpaired) electrons. The van der Waals surface area contributed by atoms with E-state index in [-0.39, 0.29) is 24.0 Å². The normalized spacial score (nSPS) is 17.7. The van der Waals surface area contributed by atoms with Crippen LogP contribution in [0.3, 0.4) is 0 Å². The van der Waals surface area contributed by atoms with Crippen LogP contribution in [0.15, 0.2) is 23.2 Å². The molecular weight excluding hydrogens is 455 g/mol. The van der Waals surface area contributed by atoms with Gasteiger partial charge in [0.1, 0.15) is 11.5 Å². The van der Waals surface area contributed by atoms with Crippen molar-refractivity contribution in [2.45, 2.75) is 46.6 Å². The number of guanidine groups is 1. The predicted octanol–water partition coefficient (Wildman–Crippen LogP) is 3.95. The summed E-state index contributed by atoms with van der Waals surface area (Å²) in [4.78, 5) is 7.11. The summed E-state index contributed by atoms with van der Waals surface area (Å²) in [6.45, 7) is 12.7. The highest BCUT2D eigenvalue weighted by molar-refractivity contribution is 14.0. The number of hydrogen-bond acceptors (Lipinski definition) is 4. The van der Waals surface area contributed by atoms with Crippen molar-refractivity contribution in [1.29, 1.82) is 0 Å². The Hall–Kier alpha value is -1.22. The Morgan fingerprint density at radius 2 is 2.04 bits per heavy atom. The Balaban J connectivity index is 0.00000364. The van der Waals surface area contributed by atoms with Gasteiger partial charge in [0, 0.05) is 18.7 Å². The number of benzene rings is 1. The first kappa shape index (κ1) is 23.8. The quantitative estimate of drug-likeness (QED) is 0.312. The molecule has 1 aliphatic heterocycles. The molecule has 27 heavy (non-hydrogen) atoms. The number of nitrogens with zero attached hydrogens (tertiary/aromatic N) is 2. The molecular formula is C20H35IN4O2. The topological polar surface area (TPSA) is 72.1 Å². The Bertz CT molecular complexity index is 595. The maximum absolute atomic E-state index is 6.14. The summed E-state index contributed by atoms with van der Waals surface area (Å²) in [5.74, 6) is 2.61. The van der Waals surface area contributed by atoms with E-state index in [9.17, 15) is 0 Å². The molecule has 3 N–H and O–H groups in total. The van der Waals surface area contributed by atoms with Gasteiger partial charge in [-0.15, -0.1) is 24.0 Å². The smallest absolute Gasteiger partial charge is 0.193 e. The zero-order valence-corrected chi connectivity index (χ0v) is 19.4. The molecule has 1 aromatic rings. The fourth-order valence-electron chi connectivity index (χ4n) is 3.34. The van der Waals surface area contributed by atoms with Crippen LogP contribution in [-0.4, -0.2) is 49.7 Å². The molecule has 0 bridgehead atoms. The minimum atomic E-state index is 0. The lowest BCUT2D eigenvalue weighted by Gasteiger charge is -2.25. The second kappa shape index (κ2) is 12.3. The zero-order chi connectivity index (χ0) is 18.9. The molecule has 1 fully saturated rings. The summed E-state index contributed by atoms with van der Waals surface area (Å²) < 4.78 is 11.2. The number of ether oxygens (including phenoxy) is 2. The highest BCUT2D eigenvalue weighted by atomic mass is 127. The van der Waals surface area contributed by atoms with Crippen LogP contribution in [0, 0.1) is 5.92 Å². The van der Waals surface area contributed by atoms with E-state index in [0.717, 1.165) is 36.8 Å². The molecule has 7 heteroatoms. The van der Waals surface area contributed by atoms with Crippen molar-refractivity contribution in [3.05, 3.63) is 18.2 Å². The molecule has 1 atom stereocenters. The predicted molar refractivity (Wildman–Crippen MR) is 124 cm³/mol. The third-order valence-electron chi connectivity index (χ3n) is 4.40. The molecule has 154 valence electrons. The number of aliphatic imine (C=N–C) groups is 1. The SMILES string of the molecule is CCOc1ccc(OCC)c(NC(N)=NC[C@@H]2CCCN2CC(C)C)c1.I. The number of hydrogen-bond donors (Lipinski definition) is 2. The third kappa shape index (κ3) is 7.73. The lowest BCUT2D eigenvalue weighted by molar-refractivity contribution is 0.231. The van der Waals surface area contributed by atoms with Gasteiger partial charge in [-0.25, -0.2) is 0 Å². The van der Waals surface area contributed by atoms with Crippen molar-refractivity contribution in [2.24, 2.45) is 16.6 Å². The highest BCUT2D eigenvalue weighted by Gasteiger charge is 2.24. The van der Waals surface area contributed by atoms with E-state index in [1.807, 2.05) is 32.0 Å². The number of nitrogens with one attached hydrogen (secondary N) is 1. The van der Waals surface area contributed by atoms with Gasteiger partial charge >= 0.3 is 0 Å². The van der Waals surface area contributed by atoms with Crippen LogP contribution in [0.25, 0.3) is 0 Å². The van der Waals surface area contributed by atoms with Crippen molar-refractivity contribution in [3.8, 4) is 11.5 Å². The molecule has 0 aromatic heterocycles. The van der Waals surface area contributed by atoms with E-state index in [1.165, 1.54) is 12.8 Å². The molecule has 0 saturated carbocycles. The van der Waals surface area contributed by atoms with Crippen LogP contribution in [0.5, 0.6) is 11.5 Å². The number of nitrogens with two attached hydrogens (primary N) is 1. The summed E-state index contributed by atoms with van der Waals surface area (Å²) in [6.07, 6.45) is 2.43. The number of likely N-dealkylation sites (tertiary alicyclic amines) is 1. The molecule has 6 nitrogen and oxygen atoms in total. The van der Waals surface area contributed by atoms with Gasteiger partial charge in [0.25, 0.3) is 0 Å². The summed E-state index contributed by atoms with van der Waals surface area (Å²) in [7, 11) is 0. The molecule has 2 rings (SSSR count). The minimum Gasteiger partial charge on any atom is -0.494 e. The first-order valence-electron chi connectivity index (χ1n) is 9.74. The van der Waals surface area contributed by atoms with Gasteiger partial charge in [-0.3, -0.25) is 9.89 Å². The highest BCUT2D eigenvalue weighted by Crippen LogP contribution is 2.29. The Morgan fingerprint density at radius 3 is 2.70 bits per heavy atom. The Morgan fingerprint density at radius 1 is 1.30 bits per heavy atom. The summed E-state index contributed by atoms with van der Waals surface area (Å²) in [5, 5.41) is 3.18. The van der Waals surface area contributed by atoms with Gasteiger partial charge in [0.2, 0.25) is 0 Å². The van der Waals surface area contributed by atoms with Gasteiger partial charge in [0.05, 0.1) is 25.4 Å². The maximum atomic E-state index is 6.14. The Labute approximate surface area is 180 Å². The summed E-state index contributed by atoms with van der Waals surface area (Å²) in [6, 6.07) is 6.18. The van der Waals surface area contributed by atoms with Crippen LogP contribution >= 0.6 is 24.0 Å². The first-order valence-corrected chi connectivity index (χ1v) is 9.74. The number of rotatable bonds is 9. The van der Waals surface area contributed by atoms with Crippen molar-refractivity contribution in [3.63, 3.8) is 0 Å². The van der Waals surface area contributed by atoms with E-state index in [2.05, 4.69) is 29.1 Å². The van der Waals surface area contributed by atoms with Gasteiger partial charge in [-0.1, -0.05) is 13.8 Å². The van der Waals surface area contributed by atoms with E-state index >= 15 is 0 Å². The average molecular weight is 490 g/mol. The number of anilines is 1. The van der Waals surface area contributed by atoms with Crippen molar-refractivity contribution < 1.29 is 9.47 Å². The van der Waals surface area contributed by atoms with Crippen LogP contribution in [-0.2, 0) is 0 Å². The van der Waals surface area contributed by atoms with Gasteiger partial charge < -0.3 is 20.5 Å². The molecule has 1 aliphatic rings. The summed E-state index contributed by atoms with van der Waals surface area (Å²) in [5.41, 5.74) is 6.93. The fraction of sp³-hybridized carbons (Fsp3) is 0.650. The molecule has 0 amide bonds. The largest absolute Gasteiger partial charge is 0.494 e. The van der Waals surface area contributed by atoms with Crippen molar-refractivity contribution in [1.82, 2.24) is 4.90 Å². The summed E-state index contributed by atoms with van der Waals surface area (Å²) >= 11 is 0. The van der Waals surface area contributed by atoms with Crippen LogP contribution < -0.4 is 20.5 Å². The average Bonchev–Trinajstić information content (AvgIpc) is 3.02. The maximum Gasteiger partial charge on any atom is 0.193 e. The van der Waals surface area contributed by atoms with Gasteiger partial charge in [0.15, 0.2) is 5.96 Å². The van der Waals surface area contributed by atoms with E-state index in [4.69, 9.17) is 15.2 Å². The molecule has 1 saturated heterocycles. The molecule has 1 heterocycles. The van der Waals surface area contributed by atoms with Gasteiger partial charge in [-0.05, 0) is 51.3 Å². The standard InChI is InChI=1S/C20H34N4O2.HI/c1-5-25-17-9-10-19(26-6-2)18(12-17)23-20(21)22-13-16-8-7-11-24(16)14-15(3)4;/h9-10,12,15-16H,5-8,11,13-14H2,1-4H3,(H3,21,22,23);1H/t16-;/m0./s1. The van der Waals surface area contributed by atoms with E-state index < -0.39 is 0 Å². The second-order valence-electron chi connectivity index (χ2n) is 7.06. The van der Waals surface area contributed by atoms with Gasteiger partial charge in [-0.2, -0.15) is 0 Å². The van der Waals surface area contributed by atoms with Crippen molar-refractivity contribution >= 4 is 35.6 Å². The molecule has 0 unspecified atom stereocenters. The fourth-order valence-corrected chi connectivity index (χ4v) is 3.34. The van der Waals surface area contributed by atoms with Crippen LogP contribution in [0.2, 0.25) is 0 Å². The molecule has 1 aromatic carbocycles. The minimum absolute atomic E-state index is 0.